The molecule has 2 nitrogen and oxygen atoms in total. The zero-order valence-corrected chi connectivity index (χ0v) is 15.7. The van der Waals surface area contributed by atoms with Gasteiger partial charge in [-0.25, -0.2) is 0 Å². The summed E-state index contributed by atoms with van der Waals surface area (Å²) in [5, 5.41) is 0. The Labute approximate surface area is 137 Å². The first kappa shape index (κ1) is 17.8. The van der Waals surface area contributed by atoms with Crippen LogP contribution in [0.15, 0.2) is 0 Å². The lowest BCUT2D eigenvalue weighted by atomic mass is 9.66. The number of ether oxygens (including phenoxy) is 1. The lowest BCUT2D eigenvalue weighted by Gasteiger charge is -2.42. The van der Waals surface area contributed by atoms with Gasteiger partial charge < -0.3 is 4.74 Å². The molecule has 0 amide bonds. The highest BCUT2D eigenvalue weighted by atomic mass is 16.5. The van der Waals surface area contributed by atoms with Crippen LogP contribution in [0.25, 0.3) is 0 Å². The Morgan fingerprint density at radius 2 is 1.73 bits per heavy atom. The van der Waals surface area contributed by atoms with Crippen molar-refractivity contribution in [2.75, 3.05) is 0 Å². The number of hydrogen-bond donors (Lipinski definition) is 0. The molecule has 0 aliphatic heterocycles. The van der Waals surface area contributed by atoms with Crippen LogP contribution >= 0.6 is 0 Å². The molecular formula is C20H36O2. The van der Waals surface area contributed by atoms with E-state index in [0.29, 0.717) is 23.7 Å². The molecule has 0 N–H and O–H groups in total. The second-order valence-corrected chi connectivity index (χ2v) is 9.26. The maximum absolute atomic E-state index is 13.0. The summed E-state index contributed by atoms with van der Waals surface area (Å²) in [6, 6.07) is 0. The number of carbonyl (C=O) groups excluding carboxylic acids is 1. The normalized spacial score (nSPS) is 41.6. The summed E-state index contributed by atoms with van der Waals surface area (Å²) in [6.07, 6.45) is 5.74. The van der Waals surface area contributed by atoms with E-state index in [-0.39, 0.29) is 22.9 Å². The van der Waals surface area contributed by atoms with Crippen molar-refractivity contribution in [2.45, 2.75) is 86.7 Å². The largest absolute Gasteiger partial charge is 0.462 e. The minimum absolute atomic E-state index is 0.0255. The first-order chi connectivity index (χ1) is 10.1. The predicted molar refractivity (Wildman–Crippen MR) is 91.5 cm³/mol. The van der Waals surface area contributed by atoms with Crippen LogP contribution in [0.3, 0.4) is 0 Å². The molecule has 5 atom stereocenters. The number of rotatable bonds is 3. The minimum Gasteiger partial charge on any atom is -0.462 e. The van der Waals surface area contributed by atoms with Crippen molar-refractivity contribution >= 4 is 5.97 Å². The fraction of sp³-hybridized carbons (Fsp3) is 0.950. The van der Waals surface area contributed by atoms with Crippen molar-refractivity contribution in [3.63, 3.8) is 0 Å². The van der Waals surface area contributed by atoms with Gasteiger partial charge in [-0.15, -0.1) is 0 Å². The maximum Gasteiger partial charge on any atom is 0.312 e. The predicted octanol–water partition coefficient (Wildman–Crippen LogP) is 5.45. The molecule has 2 aliphatic rings. The van der Waals surface area contributed by atoms with E-state index in [9.17, 15) is 4.79 Å². The SMILES string of the molecule is CC(C)[C@H]1CC[C@@H](C)C[C@H]1OC(=O)[C@]1(C)CC[C@H](C)C1(C)C. The van der Waals surface area contributed by atoms with E-state index in [1.807, 2.05) is 0 Å². The third-order valence-electron chi connectivity index (χ3n) is 7.40. The molecular weight excluding hydrogens is 272 g/mol. The third kappa shape index (κ3) is 2.95. The Balaban J connectivity index is 2.13. The molecule has 2 heteroatoms. The molecule has 2 saturated carbocycles. The smallest absolute Gasteiger partial charge is 0.312 e. The molecule has 0 aromatic heterocycles. The zero-order valence-electron chi connectivity index (χ0n) is 15.7. The highest BCUT2D eigenvalue weighted by Crippen LogP contribution is 2.56. The summed E-state index contributed by atoms with van der Waals surface area (Å²) in [4.78, 5) is 13.0. The highest BCUT2D eigenvalue weighted by molar-refractivity contribution is 5.78. The average molecular weight is 309 g/mol. The van der Waals surface area contributed by atoms with Crippen LogP contribution in [0.4, 0.5) is 0 Å². The summed E-state index contributed by atoms with van der Waals surface area (Å²) in [6.45, 7) is 15.7. The van der Waals surface area contributed by atoms with E-state index < -0.39 is 0 Å². The molecule has 0 radical (unpaired) electrons. The lowest BCUT2D eigenvalue weighted by molar-refractivity contribution is -0.174. The van der Waals surface area contributed by atoms with E-state index in [0.717, 1.165) is 19.3 Å². The molecule has 128 valence electrons. The lowest BCUT2D eigenvalue weighted by Crippen LogP contribution is -2.45. The molecule has 0 aromatic rings. The molecule has 0 spiro atoms. The second-order valence-electron chi connectivity index (χ2n) is 9.26. The van der Waals surface area contributed by atoms with Gasteiger partial charge in [-0.3, -0.25) is 4.79 Å². The van der Waals surface area contributed by atoms with E-state index in [1.165, 1.54) is 12.8 Å². The van der Waals surface area contributed by atoms with Gasteiger partial charge in [0, 0.05) is 0 Å². The molecule has 0 unspecified atom stereocenters. The average Bonchev–Trinajstić information content (AvgIpc) is 2.63. The van der Waals surface area contributed by atoms with Crippen molar-refractivity contribution in [1.29, 1.82) is 0 Å². The monoisotopic (exact) mass is 308 g/mol. The van der Waals surface area contributed by atoms with E-state index >= 15 is 0 Å². The topological polar surface area (TPSA) is 26.3 Å². The van der Waals surface area contributed by atoms with Crippen LogP contribution in [0.1, 0.15) is 80.6 Å². The van der Waals surface area contributed by atoms with Crippen LogP contribution in [0, 0.1) is 34.5 Å². The Bertz CT molecular complexity index is 412. The van der Waals surface area contributed by atoms with E-state index in [4.69, 9.17) is 4.74 Å². The van der Waals surface area contributed by atoms with Gasteiger partial charge in [0.1, 0.15) is 6.10 Å². The van der Waals surface area contributed by atoms with Crippen molar-refractivity contribution < 1.29 is 9.53 Å². The van der Waals surface area contributed by atoms with Gasteiger partial charge in [-0.1, -0.05) is 48.0 Å². The van der Waals surface area contributed by atoms with E-state index in [2.05, 4.69) is 48.5 Å². The molecule has 0 aromatic carbocycles. The number of carbonyl (C=O) groups is 1. The Morgan fingerprint density at radius 3 is 2.23 bits per heavy atom. The summed E-state index contributed by atoms with van der Waals surface area (Å²) in [5.74, 6) is 2.44. The fourth-order valence-corrected chi connectivity index (χ4v) is 4.61. The Morgan fingerprint density at radius 1 is 1.09 bits per heavy atom. The van der Waals surface area contributed by atoms with Gasteiger partial charge in [0.15, 0.2) is 0 Å². The van der Waals surface area contributed by atoms with Crippen LogP contribution in [0.2, 0.25) is 0 Å². The summed E-state index contributed by atoms with van der Waals surface area (Å²) in [7, 11) is 0. The first-order valence-electron chi connectivity index (χ1n) is 9.30. The Hall–Kier alpha value is -0.530. The molecule has 0 saturated heterocycles. The highest BCUT2D eigenvalue weighted by Gasteiger charge is 2.55. The van der Waals surface area contributed by atoms with Crippen molar-refractivity contribution in [1.82, 2.24) is 0 Å². The summed E-state index contributed by atoms with van der Waals surface area (Å²) >= 11 is 0. The van der Waals surface area contributed by atoms with Gasteiger partial charge in [0.2, 0.25) is 0 Å². The van der Waals surface area contributed by atoms with Crippen LogP contribution in [0.5, 0.6) is 0 Å². The van der Waals surface area contributed by atoms with Gasteiger partial charge in [-0.05, 0) is 61.7 Å². The van der Waals surface area contributed by atoms with Gasteiger partial charge in [-0.2, -0.15) is 0 Å². The quantitative estimate of drug-likeness (QED) is 0.648. The minimum atomic E-state index is -0.325. The van der Waals surface area contributed by atoms with Gasteiger partial charge in [0.25, 0.3) is 0 Å². The standard InChI is InChI=1S/C20H36O2/c1-13(2)16-9-8-14(3)12-17(16)22-18(21)20(7)11-10-15(4)19(20,5)6/h13-17H,8-12H2,1-7H3/t14-,15+,16-,17-,20+/m1/s1. The van der Waals surface area contributed by atoms with Crippen LogP contribution in [-0.2, 0) is 9.53 Å². The van der Waals surface area contributed by atoms with Crippen LogP contribution in [-0.4, -0.2) is 12.1 Å². The van der Waals surface area contributed by atoms with Gasteiger partial charge in [0.05, 0.1) is 5.41 Å². The first-order valence-corrected chi connectivity index (χ1v) is 9.30. The van der Waals surface area contributed by atoms with E-state index in [1.54, 1.807) is 0 Å². The molecule has 2 rings (SSSR count). The van der Waals surface area contributed by atoms with Crippen molar-refractivity contribution in [3.8, 4) is 0 Å². The summed E-state index contributed by atoms with van der Waals surface area (Å²) < 4.78 is 6.17. The van der Waals surface area contributed by atoms with Crippen molar-refractivity contribution in [2.24, 2.45) is 34.5 Å². The summed E-state index contributed by atoms with van der Waals surface area (Å²) in [5.41, 5.74) is -0.299. The molecule has 2 fully saturated rings. The third-order valence-corrected chi connectivity index (χ3v) is 7.40. The second kappa shape index (κ2) is 6.17. The van der Waals surface area contributed by atoms with Crippen LogP contribution < -0.4 is 0 Å². The maximum atomic E-state index is 13.0. The number of hydrogen-bond acceptors (Lipinski definition) is 2. The molecule has 0 heterocycles. The molecule has 0 bridgehead atoms. The molecule has 2 aliphatic carbocycles. The van der Waals surface area contributed by atoms with Gasteiger partial charge >= 0.3 is 5.97 Å². The number of esters is 1. The fourth-order valence-electron chi connectivity index (χ4n) is 4.61. The van der Waals surface area contributed by atoms with Crippen molar-refractivity contribution in [3.05, 3.63) is 0 Å². The molecule has 22 heavy (non-hydrogen) atoms. The Kier molecular flexibility index (Phi) is 5.00. The zero-order chi connectivity index (χ0) is 16.7.